The van der Waals surface area contributed by atoms with Crippen LogP contribution < -0.4 is 4.74 Å². The van der Waals surface area contributed by atoms with Crippen molar-refractivity contribution in [2.45, 2.75) is 19.4 Å². The first-order valence-corrected chi connectivity index (χ1v) is 6.02. The molecular formula is C14H14ClNO. The van der Waals surface area contributed by atoms with Crippen LogP contribution in [0.2, 0.25) is 0 Å². The molecule has 0 saturated carbocycles. The van der Waals surface area contributed by atoms with E-state index in [1.165, 1.54) is 0 Å². The van der Waals surface area contributed by atoms with Crippen molar-refractivity contribution in [3.63, 3.8) is 0 Å². The first-order valence-electron chi connectivity index (χ1n) is 5.49. The fourth-order valence-corrected chi connectivity index (χ4v) is 1.75. The molecule has 0 atom stereocenters. The maximum atomic E-state index is 5.84. The summed E-state index contributed by atoms with van der Waals surface area (Å²) in [5.74, 6) is 1.13. The van der Waals surface area contributed by atoms with E-state index in [4.69, 9.17) is 16.3 Å². The number of benzene rings is 1. The predicted molar refractivity (Wildman–Crippen MR) is 69.3 cm³/mol. The van der Waals surface area contributed by atoms with Gasteiger partial charge in [0.1, 0.15) is 12.4 Å². The second kappa shape index (κ2) is 5.69. The summed E-state index contributed by atoms with van der Waals surface area (Å²) in [7, 11) is 0. The van der Waals surface area contributed by atoms with Crippen LogP contribution in [0.3, 0.4) is 0 Å². The summed E-state index contributed by atoms with van der Waals surface area (Å²) in [6, 6.07) is 13.9. The van der Waals surface area contributed by atoms with Crippen LogP contribution in [0, 0.1) is 6.92 Å². The van der Waals surface area contributed by atoms with Crippen LogP contribution in [0.1, 0.15) is 17.0 Å². The molecule has 0 N–H and O–H groups in total. The third-order valence-electron chi connectivity index (χ3n) is 2.44. The van der Waals surface area contributed by atoms with Gasteiger partial charge in [0.25, 0.3) is 0 Å². The van der Waals surface area contributed by atoms with Crippen LogP contribution in [0.5, 0.6) is 5.75 Å². The van der Waals surface area contributed by atoms with Crippen molar-refractivity contribution in [1.82, 2.24) is 4.98 Å². The molecule has 0 bridgehead atoms. The highest BCUT2D eigenvalue weighted by Gasteiger charge is 2.04. The molecule has 1 aromatic heterocycles. The third kappa shape index (κ3) is 3.21. The van der Waals surface area contributed by atoms with Gasteiger partial charge in [-0.15, -0.1) is 11.6 Å². The lowest BCUT2D eigenvalue weighted by atomic mass is 10.2. The van der Waals surface area contributed by atoms with Crippen molar-refractivity contribution < 1.29 is 4.74 Å². The van der Waals surface area contributed by atoms with Gasteiger partial charge in [0, 0.05) is 5.69 Å². The predicted octanol–water partition coefficient (Wildman–Crippen LogP) is 3.71. The molecule has 3 heteroatoms. The summed E-state index contributed by atoms with van der Waals surface area (Å²) in [4.78, 5) is 4.35. The summed E-state index contributed by atoms with van der Waals surface area (Å²) in [5.41, 5.74) is 2.88. The van der Waals surface area contributed by atoms with Crippen molar-refractivity contribution in [1.29, 1.82) is 0 Å². The van der Waals surface area contributed by atoms with Gasteiger partial charge in [0.15, 0.2) is 0 Å². The number of hydrogen-bond acceptors (Lipinski definition) is 2. The fourth-order valence-electron chi connectivity index (χ4n) is 1.56. The van der Waals surface area contributed by atoms with Crippen molar-refractivity contribution in [3.05, 3.63) is 59.4 Å². The number of halogens is 1. The molecular weight excluding hydrogens is 234 g/mol. The van der Waals surface area contributed by atoms with E-state index in [2.05, 4.69) is 4.98 Å². The number of aromatic nitrogens is 1. The van der Waals surface area contributed by atoms with E-state index in [1.54, 1.807) is 0 Å². The summed E-state index contributed by atoms with van der Waals surface area (Å²) >= 11 is 5.84. The number of aryl methyl sites for hydroxylation is 1. The van der Waals surface area contributed by atoms with Crippen LogP contribution in [-0.4, -0.2) is 4.98 Å². The second-order valence-corrected chi connectivity index (χ2v) is 4.07. The molecule has 0 aliphatic rings. The minimum absolute atomic E-state index is 0.367. The first kappa shape index (κ1) is 11.9. The Morgan fingerprint density at radius 3 is 2.59 bits per heavy atom. The molecule has 0 fully saturated rings. The number of nitrogens with zero attached hydrogens (tertiary/aromatic N) is 1. The Balaban J connectivity index is 2.09. The average Bonchev–Trinajstić information content (AvgIpc) is 2.38. The molecule has 0 aliphatic heterocycles. The molecule has 1 heterocycles. The Hall–Kier alpha value is -1.54. The van der Waals surface area contributed by atoms with Crippen LogP contribution >= 0.6 is 11.6 Å². The molecule has 0 unspecified atom stereocenters. The Bertz CT molecular complexity index is 485. The van der Waals surface area contributed by atoms with Gasteiger partial charge < -0.3 is 4.74 Å². The monoisotopic (exact) mass is 247 g/mol. The summed E-state index contributed by atoms with van der Waals surface area (Å²) in [5, 5.41) is 0. The van der Waals surface area contributed by atoms with Gasteiger partial charge in [-0.1, -0.05) is 30.3 Å². The number of ether oxygens (including phenoxy) is 1. The van der Waals surface area contributed by atoms with E-state index >= 15 is 0 Å². The highest BCUT2D eigenvalue weighted by atomic mass is 35.5. The molecule has 0 amide bonds. The van der Waals surface area contributed by atoms with E-state index in [1.807, 2.05) is 49.4 Å². The maximum absolute atomic E-state index is 5.84. The van der Waals surface area contributed by atoms with Crippen molar-refractivity contribution in [2.24, 2.45) is 0 Å². The number of hydrogen-bond donors (Lipinski definition) is 0. The summed E-state index contributed by atoms with van der Waals surface area (Å²) in [6.45, 7) is 2.48. The van der Waals surface area contributed by atoms with E-state index in [9.17, 15) is 0 Å². The molecule has 88 valence electrons. The minimum atomic E-state index is 0.367. The highest BCUT2D eigenvalue weighted by molar-refractivity contribution is 6.17. The van der Waals surface area contributed by atoms with E-state index in [0.29, 0.717) is 12.5 Å². The van der Waals surface area contributed by atoms with Crippen molar-refractivity contribution >= 4 is 11.6 Å². The maximum Gasteiger partial charge on any atom is 0.142 e. The van der Waals surface area contributed by atoms with Gasteiger partial charge >= 0.3 is 0 Å². The smallest absolute Gasteiger partial charge is 0.142 e. The van der Waals surface area contributed by atoms with Gasteiger partial charge in [-0.05, 0) is 24.6 Å². The van der Waals surface area contributed by atoms with Gasteiger partial charge in [-0.25, -0.2) is 0 Å². The zero-order valence-electron chi connectivity index (χ0n) is 9.69. The zero-order chi connectivity index (χ0) is 12.1. The average molecular weight is 248 g/mol. The number of alkyl halides is 1. The Labute approximate surface area is 106 Å². The molecule has 2 aromatic rings. The van der Waals surface area contributed by atoms with Gasteiger partial charge in [-0.2, -0.15) is 0 Å². The SMILES string of the molecule is Cc1ccc(OCc2ccccc2)c(CCl)n1. The molecule has 0 aliphatic carbocycles. The van der Waals surface area contributed by atoms with Crippen LogP contribution in [-0.2, 0) is 12.5 Å². The van der Waals surface area contributed by atoms with Crippen LogP contribution in [0.15, 0.2) is 42.5 Å². The second-order valence-electron chi connectivity index (χ2n) is 3.81. The molecule has 2 rings (SSSR count). The topological polar surface area (TPSA) is 22.1 Å². The van der Waals surface area contributed by atoms with E-state index in [-0.39, 0.29) is 0 Å². The minimum Gasteiger partial charge on any atom is -0.487 e. The summed E-state index contributed by atoms with van der Waals surface area (Å²) in [6.07, 6.45) is 0. The van der Waals surface area contributed by atoms with Gasteiger partial charge in [0.2, 0.25) is 0 Å². The lowest BCUT2D eigenvalue weighted by Crippen LogP contribution is -2.00. The van der Waals surface area contributed by atoms with Gasteiger partial charge in [0.05, 0.1) is 11.6 Å². The molecule has 1 aromatic carbocycles. The largest absolute Gasteiger partial charge is 0.487 e. The fraction of sp³-hybridized carbons (Fsp3) is 0.214. The quantitative estimate of drug-likeness (QED) is 0.769. The van der Waals surface area contributed by atoms with Crippen LogP contribution in [0.25, 0.3) is 0 Å². The molecule has 0 saturated heterocycles. The lowest BCUT2D eigenvalue weighted by Gasteiger charge is -2.09. The summed E-state index contributed by atoms with van der Waals surface area (Å²) < 4.78 is 5.72. The molecule has 0 radical (unpaired) electrons. The Morgan fingerprint density at radius 1 is 1.12 bits per heavy atom. The highest BCUT2D eigenvalue weighted by Crippen LogP contribution is 2.20. The van der Waals surface area contributed by atoms with Crippen molar-refractivity contribution in [2.75, 3.05) is 0 Å². The normalized spacial score (nSPS) is 10.2. The standard InChI is InChI=1S/C14H14ClNO/c1-11-7-8-14(13(9-15)16-11)17-10-12-5-3-2-4-6-12/h2-8H,9-10H2,1H3. The number of pyridine rings is 1. The Kier molecular flexibility index (Phi) is 3.99. The van der Waals surface area contributed by atoms with Gasteiger partial charge in [-0.3, -0.25) is 4.98 Å². The lowest BCUT2D eigenvalue weighted by molar-refractivity contribution is 0.302. The first-order chi connectivity index (χ1) is 8.29. The molecule has 0 spiro atoms. The molecule has 2 nitrogen and oxygen atoms in total. The third-order valence-corrected chi connectivity index (χ3v) is 2.69. The van der Waals surface area contributed by atoms with Crippen molar-refractivity contribution in [3.8, 4) is 5.75 Å². The number of rotatable bonds is 4. The van der Waals surface area contributed by atoms with E-state index in [0.717, 1.165) is 22.7 Å². The Morgan fingerprint density at radius 2 is 1.88 bits per heavy atom. The van der Waals surface area contributed by atoms with E-state index < -0.39 is 0 Å². The van der Waals surface area contributed by atoms with Crippen LogP contribution in [0.4, 0.5) is 0 Å². The molecule has 17 heavy (non-hydrogen) atoms. The zero-order valence-corrected chi connectivity index (χ0v) is 10.4.